The van der Waals surface area contributed by atoms with Crippen molar-refractivity contribution in [2.45, 2.75) is 82.4 Å². The third kappa shape index (κ3) is 6.86. The molecule has 4 aromatic rings. The van der Waals surface area contributed by atoms with Gasteiger partial charge in [0.25, 0.3) is 0 Å². The maximum atomic E-state index is 12.5. The van der Waals surface area contributed by atoms with Crippen LogP contribution in [0.2, 0.25) is 0 Å². The van der Waals surface area contributed by atoms with Gasteiger partial charge in [0.2, 0.25) is 5.91 Å². The number of rotatable bonds is 11. The quantitative estimate of drug-likeness (QED) is 0.139. The van der Waals surface area contributed by atoms with Gasteiger partial charge in [0.1, 0.15) is 0 Å². The number of hydrogen-bond donors (Lipinski definition) is 1. The molecule has 0 atom stereocenters. The highest BCUT2D eigenvalue weighted by Crippen LogP contribution is 2.36. The number of carbonyl (C=O) groups excluding carboxylic acids is 1. The molecule has 2 aromatic heterocycles. The maximum absolute atomic E-state index is 12.5. The van der Waals surface area contributed by atoms with Crippen LogP contribution in [0, 0.1) is 0 Å². The number of para-hydroxylation sites is 2. The second-order valence-corrected chi connectivity index (χ2v) is 12.7. The van der Waals surface area contributed by atoms with Crippen molar-refractivity contribution in [3.63, 3.8) is 0 Å². The smallest absolute Gasteiger partial charge is 0.219 e. The zero-order valence-corrected chi connectivity index (χ0v) is 26.4. The number of fused-ring (bicyclic) bond motifs is 4. The third-order valence-corrected chi connectivity index (χ3v) is 9.95. The minimum Gasteiger partial charge on any atom is -0.384 e. The molecule has 2 aliphatic carbocycles. The molecule has 2 heterocycles. The van der Waals surface area contributed by atoms with Gasteiger partial charge in [-0.05, 0) is 99.6 Å². The highest BCUT2D eigenvalue weighted by molar-refractivity contribution is 7.99. The van der Waals surface area contributed by atoms with Crippen molar-refractivity contribution in [2.75, 3.05) is 30.7 Å². The van der Waals surface area contributed by atoms with Crippen LogP contribution in [0.25, 0.3) is 21.8 Å². The Morgan fingerprint density at radius 3 is 2.12 bits per heavy atom. The van der Waals surface area contributed by atoms with E-state index in [1.165, 1.54) is 69.6 Å². The monoisotopic (exact) mass is 602 g/mol. The summed E-state index contributed by atoms with van der Waals surface area (Å²) < 4.78 is 0. The Hall–Kier alpha value is -2.83. The minimum absolute atomic E-state index is 0. The number of aromatic nitrogens is 2. The van der Waals surface area contributed by atoms with Crippen LogP contribution in [-0.4, -0.2) is 46.2 Å². The van der Waals surface area contributed by atoms with Gasteiger partial charge >= 0.3 is 0 Å². The molecule has 0 aliphatic heterocycles. The standard InChI is InChI=1S/C35H42N4OS.ClH/c1-25(40)39(23-12-24-41-35-28-15-4-8-19-32(28)38-33-20-9-5-16-29(33)35)22-11-10-21-36-34-26-13-2-6-17-30(26)37-31-18-7-3-14-27(31)34;/h2,4,6,8,13,15,17,19H,3,5,7,9-12,14,16,18,20-24H2,1H3,(H,36,37);1H. The van der Waals surface area contributed by atoms with Crippen molar-refractivity contribution in [2.24, 2.45) is 0 Å². The predicted octanol–water partition coefficient (Wildman–Crippen LogP) is 8.19. The number of aryl methyl sites for hydroxylation is 2. The summed E-state index contributed by atoms with van der Waals surface area (Å²) in [4.78, 5) is 25.9. The van der Waals surface area contributed by atoms with Crippen LogP contribution in [0.4, 0.5) is 5.69 Å². The molecular formula is C35H43ClN4OS. The molecule has 0 unspecified atom stereocenters. The van der Waals surface area contributed by atoms with Crippen LogP contribution in [0.1, 0.15) is 74.4 Å². The van der Waals surface area contributed by atoms with Gasteiger partial charge in [0.05, 0.1) is 11.0 Å². The van der Waals surface area contributed by atoms with Gasteiger partial charge in [0, 0.05) is 59.3 Å². The van der Waals surface area contributed by atoms with Crippen molar-refractivity contribution in [1.82, 2.24) is 14.9 Å². The largest absolute Gasteiger partial charge is 0.384 e. The number of thioether (sulfide) groups is 1. The number of unbranched alkanes of at least 4 members (excludes halogenated alkanes) is 1. The van der Waals surface area contributed by atoms with E-state index in [1.54, 1.807) is 6.92 Å². The van der Waals surface area contributed by atoms with Crippen molar-refractivity contribution in [3.05, 3.63) is 71.0 Å². The molecule has 0 saturated heterocycles. The number of halogens is 1. The summed E-state index contributed by atoms with van der Waals surface area (Å²) in [5.41, 5.74) is 8.97. The second-order valence-electron chi connectivity index (χ2n) is 11.6. The molecule has 0 bridgehead atoms. The lowest BCUT2D eigenvalue weighted by atomic mass is 9.92. The summed E-state index contributed by atoms with van der Waals surface area (Å²) in [5, 5.41) is 6.30. The van der Waals surface area contributed by atoms with Crippen LogP contribution < -0.4 is 5.32 Å². The first kappa shape index (κ1) is 30.6. The predicted molar refractivity (Wildman–Crippen MR) is 179 cm³/mol. The number of pyridine rings is 2. The fourth-order valence-corrected chi connectivity index (χ4v) is 7.76. The van der Waals surface area contributed by atoms with Crippen LogP contribution >= 0.6 is 24.2 Å². The summed E-state index contributed by atoms with van der Waals surface area (Å²) in [6.07, 6.45) is 12.5. The maximum Gasteiger partial charge on any atom is 0.219 e. The summed E-state index contributed by atoms with van der Waals surface area (Å²) in [6, 6.07) is 17.1. The van der Waals surface area contributed by atoms with Crippen LogP contribution in [0.5, 0.6) is 0 Å². The SMILES string of the molecule is CC(=O)N(CCCCNc1c2c(nc3ccccc13)CCCC2)CCCSc1c2c(nc3ccccc13)CCCC2.Cl. The van der Waals surface area contributed by atoms with Gasteiger partial charge in [0.15, 0.2) is 0 Å². The van der Waals surface area contributed by atoms with Gasteiger partial charge in [-0.15, -0.1) is 24.2 Å². The first-order valence-corrected chi connectivity index (χ1v) is 16.6. The average molecular weight is 603 g/mol. The highest BCUT2D eigenvalue weighted by Gasteiger charge is 2.19. The Kier molecular flexibility index (Phi) is 10.6. The molecule has 6 rings (SSSR count). The Labute approximate surface area is 260 Å². The van der Waals surface area contributed by atoms with E-state index >= 15 is 0 Å². The van der Waals surface area contributed by atoms with E-state index in [2.05, 4.69) is 53.8 Å². The first-order valence-electron chi connectivity index (χ1n) is 15.6. The fourth-order valence-electron chi connectivity index (χ4n) is 6.57. The van der Waals surface area contributed by atoms with Gasteiger partial charge in [-0.2, -0.15) is 0 Å². The molecule has 2 aromatic carbocycles. The molecule has 0 spiro atoms. The summed E-state index contributed by atoms with van der Waals surface area (Å²) in [7, 11) is 0. The summed E-state index contributed by atoms with van der Waals surface area (Å²) in [6.45, 7) is 4.28. The van der Waals surface area contributed by atoms with E-state index in [1.807, 2.05) is 16.7 Å². The van der Waals surface area contributed by atoms with E-state index < -0.39 is 0 Å². The fraction of sp³-hybridized carbons (Fsp3) is 0.457. The zero-order chi connectivity index (χ0) is 28.0. The summed E-state index contributed by atoms with van der Waals surface area (Å²) >= 11 is 1.97. The summed E-state index contributed by atoms with van der Waals surface area (Å²) in [5.74, 6) is 1.20. The van der Waals surface area contributed by atoms with Gasteiger partial charge < -0.3 is 10.2 Å². The number of anilines is 1. The molecule has 2 aliphatic rings. The van der Waals surface area contributed by atoms with Crippen molar-refractivity contribution in [3.8, 4) is 0 Å². The number of amides is 1. The molecular weight excluding hydrogens is 560 g/mol. The van der Waals surface area contributed by atoms with Gasteiger partial charge in [-0.25, -0.2) is 0 Å². The molecule has 0 radical (unpaired) electrons. The molecule has 1 N–H and O–H groups in total. The third-order valence-electron chi connectivity index (χ3n) is 8.71. The number of carbonyl (C=O) groups is 1. The number of benzene rings is 2. The van der Waals surface area contributed by atoms with Gasteiger partial charge in [-0.1, -0.05) is 36.4 Å². The van der Waals surface area contributed by atoms with E-state index in [-0.39, 0.29) is 18.3 Å². The molecule has 0 fully saturated rings. The number of hydrogen-bond acceptors (Lipinski definition) is 5. The number of nitrogens with one attached hydrogen (secondary N) is 1. The Bertz CT molecular complexity index is 1540. The van der Waals surface area contributed by atoms with Gasteiger partial charge in [-0.3, -0.25) is 14.8 Å². The lowest BCUT2D eigenvalue weighted by Crippen LogP contribution is -2.31. The zero-order valence-electron chi connectivity index (χ0n) is 24.8. The highest BCUT2D eigenvalue weighted by atomic mass is 35.5. The Balaban J connectivity index is 0.00000353. The normalized spacial score (nSPS) is 14.2. The molecule has 42 heavy (non-hydrogen) atoms. The molecule has 222 valence electrons. The second kappa shape index (κ2) is 14.6. The van der Waals surface area contributed by atoms with E-state index in [0.29, 0.717) is 0 Å². The van der Waals surface area contributed by atoms with E-state index in [9.17, 15) is 4.79 Å². The lowest BCUT2D eigenvalue weighted by Gasteiger charge is -2.23. The molecule has 1 amide bonds. The van der Waals surface area contributed by atoms with Crippen LogP contribution in [-0.2, 0) is 30.5 Å². The molecule has 0 saturated carbocycles. The average Bonchev–Trinajstić information content (AvgIpc) is 3.00. The van der Waals surface area contributed by atoms with Crippen molar-refractivity contribution < 1.29 is 4.79 Å². The van der Waals surface area contributed by atoms with Crippen LogP contribution in [0.15, 0.2) is 53.4 Å². The lowest BCUT2D eigenvalue weighted by molar-refractivity contribution is -0.128. The first-order chi connectivity index (χ1) is 20.2. The Morgan fingerprint density at radius 2 is 1.38 bits per heavy atom. The number of nitrogens with zero attached hydrogens (tertiary/aromatic N) is 3. The van der Waals surface area contributed by atoms with Crippen molar-refractivity contribution >= 4 is 57.6 Å². The minimum atomic E-state index is 0. The Morgan fingerprint density at radius 1 is 0.786 bits per heavy atom. The van der Waals surface area contributed by atoms with Crippen LogP contribution in [0.3, 0.4) is 0 Å². The molecule has 7 heteroatoms. The van der Waals surface area contributed by atoms with Crippen molar-refractivity contribution in [1.29, 1.82) is 0 Å². The topological polar surface area (TPSA) is 58.1 Å². The van der Waals surface area contributed by atoms with E-state index in [4.69, 9.17) is 9.97 Å². The molecule has 5 nitrogen and oxygen atoms in total. The van der Waals surface area contributed by atoms with E-state index in [0.717, 1.165) is 81.4 Å².